The van der Waals surface area contributed by atoms with Crippen LogP contribution in [-0.2, 0) is 4.79 Å². The van der Waals surface area contributed by atoms with Gasteiger partial charge in [-0.05, 0) is 36.8 Å². The minimum Gasteiger partial charge on any atom is -0.493 e. The van der Waals surface area contributed by atoms with E-state index in [2.05, 4.69) is 5.32 Å². The quantitative estimate of drug-likeness (QED) is 0.596. The highest BCUT2D eigenvalue weighted by molar-refractivity contribution is 5.91. The summed E-state index contributed by atoms with van der Waals surface area (Å²) in [6.45, 7) is 2.41. The molecule has 0 radical (unpaired) electrons. The smallest absolute Gasteiger partial charge is 0.343 e. The molecule has 0 aliphatic heterocycles. The molecule has 0 aliphatic rings. The van der Waals surface area contributed by atoms with Gasteiger partial charge < -0.3 is 20.5 Å². The molecule has 1 amide bonds. The van der Waals surface area contributed by atoms with Crippen LogP contribution in [0.25, 0.3) is 0 Å². The summed E-state index contributed by atoms with van der Waals surface area (Å²) in [4.78, 5) is 23.8. The maximum absolute atomic E-state index is 12.2. The summed E-state index contributed by atoms with van der Waals surface area (Å²) in [7, 11) is 1.48. The molecule has 0 saturated carbocycles. The van der Waals surface area contributed by atoms with E-state index in [4.69, 9.17) is 15.2 Å². The summed E-state index contributed by atoms with van der Waals surface area (Å²) >= 11 is 0. The Hall–Kier alpha value is -2.86. The number of methoxy groups -OCH3 is 1. The average Bonchev–Trinajstić information content (AvgIpc) is 2.62. The zero-order chi connectivity index (χ0) is 18.2. The number of carbonyl (C=O) groups excluding carboxylic acids is 2. The van der Waals surface area contributed by atoms with Gasteiger partial charge in [-0.1, -0.05) is 24.3 Å². The van der Waals surface area contributed by atoms with Crippen LogP contribution in [0.2, 0.25) is 0 Å². The van der Waals surface area contributed by atoms with E-state index in [9.17, 15) is 9.59 Å². The van der Waals surface area contributed by atoms with E-state index < -0.39 is 12.0 Å². The van der Waals surface area contributed by atoms with Crippen molar-refractivity contribution in [3.05, 3.63) is 59.7 Å². The van der Waals surface area contributed by atoms with Crippen molar-refractivity contribution < 1.29 is 19.1 Å². The van der Waals surface area contributed by atoms with E-state index in [1.54, 1.807) is 42.5 Å². The highest BCUT2D eigenvalue weighted by Gasteiger charge is 2.16. The van der Waals surface area contributed by atoms with E-state index in [1.165, 1.54) is 7.11 Å². The van der Waals surface area contributed by atoms with Crippen LogP contribution in [0.4, 0.5) is 0 Å². The fourth-order valence-corrected chi connectivity index (χ4v) is 2.32. The molecule has 1 unspecified atom stereocenters. The number of nitrogens with two attached hydrogens (primary N) is 1. The van der Waals surface area contributed by atoms with Crippen LogP contribution in [-0.4, -0.2) is 25.5 Å². The Bertz CT molecular complexity index is 731. The third kappa shape index (κ3) is 5.06. The van der Waals surface area contributed by atoms with Crippen molar-refractivity contribution >= 4 is 11.9 Å². The molecular weight excluding hydrogens is 320 g/mol. The maximum atomic E-state index is 12.2. The van der Waals surface area contributed by atoms with Gasteiger partial charge in [-0.15, -0.1) is 0 Å². The molecule has 2 rings (SSSR count). The van der Waals surface area contributed by atoms with Crippen molar-refractivity contribution in [1.29, 1.82) is 0 Å². The molecule has 0 aromatic heterocycles. The van der Waals surface area contributed by atoms with Gasteiger partial charge >= 0.3 is 5.97 Å². The summed E-state index contributed by atoms with van der Waals surface area (Å²) in [5.74, 6) is 0.0882. The summed E-state index contributed by atoms with van der Waals surface area (Å²) in [5, 5.41) is 2.71. The predicted octanol–water partition coefficient (Wildman–Crippen LogP) is 2.44. The van der Waals surface area contributed by atoms with Gasteiger partial charge in [-0.2, -0.15) is 0 Å². The Kier molecular flexibility index (Phi) is 6.54. The number of benzene rings is 2. The fourth-order valence-electron chi connectivity index (χ4n) is 2.32. The fraction of sp³-hybridized carbons (Fsp3) is 0.263. The molecule has 0 aliphatic carbocycles. The Labute approximate surface area is 146 Å². The lowest BCUT2D eigenvalue weighted by Gasteiger charge is -2.15. The summed E-state index contributed by atoms with van der Waals surface area (Å²) < 4.78 is 10.7. The molecule has 1 atom stereocenters. The first-order chi connectivity index (χ1) is 12.0. The average molecular weight is 342 g/mol. The highest BCUT2D eigenvalue weighted by Crippen LogP contribution is 2.31. The molecule has 132 valence electrons. The van der Waals surface area contributed by atoms with Crippen molar-refractivity contribution in [2.45, 2.75) is 19.4 Å². The molecule has 6 nitrogen and oxygen atoms in total. The number of ether oxygens (including phenoxy) is 2. The largest absolute Gasteiger partial charge is 0.493 e. The molecular formula is C19H22N2O4. The van der Waals surface area contributed by atoms with Gasteiger partial charge in [0, 0.05) is 19.0 Å². The Morgan fingerprint density at radius 2 is 1.84 bits per heavy atom. The first kappa shape index (κ1) is 18.5. The van der Waals surface area contributed by atoms with Crippen LogP contribution in [0.1, 0.15) is 35.3 Å². The van der Waals surface area contributed by atoms with Crippen molar-refractivity contribution in [2.24, 2.45) is 5.73 Å². The normalized spacial score (nSPS) is 11.5. The van der Waals surface area contributed by atoms with Crippen LogP contribution < -0.4 is 20.5 Å². The second-order valence-corrected chi connectivity index (χ2v) is 5.43. The first-order valence-electron chi connectivity index (χ1n) is 8.02. The van der Waals surface area contributed by atoms with Crippen LogP contribution in [0.15, 0.2) is 48.5 Å². The van der Waals surface area contributed by atoms with Crippen LogP contribution in [0, 0.1) is 0 Å². The van der Waals surface area contributed by atoms with Crippen LogP contribution >= 0.6 is 0 Å². The second kappa shape index (κ2) is 8.84. The number of carbonyl (C=O) groups is 2. The van der Waals surface area contributed by atoms with Crippen LogP contribution in [0.3, 0.4) is 0 Å². The van der Waals surface area contributed by atoms with Gasteiger partial charge in [0.25, 0.3) is 0 Å². The van der Waals surface area contributed by atoms with Crippen LogP contribution in [0.5, 0.6) is 11.5 Å². The molecule has 0 heterocycles. The first-order valence-corrected chi connectivity index (χ1v) is 8.02. The zero-order valence-corrected chi connectivity index (χ0v) is 14.3. The van der Waals surface area contributed by atoms with E-state index in [0.29, 0.717) is 23.6 Å². The summed E-state index contributed by atoms with van der Waals surface area (Å²) in [6, 6.07) is 13.2. The Morgan fingerprint density at radius 1 is 1.12 bits per heavy atom. The molecule has 0 saturated heterocycles. The second-order valence-electron chi connectivity index (χ2n) is 5.43. The molecule has 6 heteroatoms. The molecule has 0 spiro atoms. The zero-order valence-electron chi connectivity index (χ0n) is 14.3. The lowest BCUT2D eigenvalue weighted by molar-refractivity contribution is -0.121. The molecule has 25 heavy (non-hydrogen) atoms. The van der Waals surface area contributed by atoms with Crippen molar-refractivity contribution in [3.8, 4) is 11.5 Å². The Balaban J connectivity index is 2.13. The molecule has 2 aromatic rings. The standard InChI is InChI=1S/C19H22N2O4/c1-3-21-18(22)12-15(20)14-9-10-16(17(11-14)24-2)25-19(23)13-7-5-4-6-8-13/h4-11,15H,3,12,20H2,1-2H3,(H,21,22). The van der Waals surface area contributed by atoms with Gasteiger partial charge in [0.15, 0.2) is 11.5 Å². The Morgan fingerprint density at radius 3 is 2.48 bits per heavy atom. The number of nitrogens with one attached hydrogen (secondary N) is 1. The SMILES string of the molecule is CCNC(=O)CC(N)c1ccc(OC(=O)c2ccccc2)c(OC)c1. The minimum atomic E-state index is -0.474. The summed E-state index contributed by atoms with van der Waals surface area (Å²) in [5.41, 5.74) is 7.24. The molecule has 2 aromatic carbocycles. The minimum absolute atomic E-state index is 0.117. The number of esters is 1. The third-order valence-corrected chi connectivity index (χ3v) is 3.61. The van der Waals surface area contributed by atoms with E-state index in [1.807, 2.05) is 13.0 Å². The molecule has 3 N–H and O–H groups in total. The predicted molar refractivity (Wildman–Crippen MR) is 94.6 cm³/mol. The van der Waals surface area contributed by atoms with Gasteiger partial charge in [-0.3, -0.25) is 4.79 Å². The van der Waals surface area contributed by atoms with Gasteiger partial charge in [0.2, 0.25) is 5.91 Å². The third-order valence-electron chi connectivity index (χ3n) is 3.61. The highest BCUT2D eigenvalue weighted by atomic mass is 16.6. The van der Waals surface area contributed by atoms with Crippen molar-refractivity contribution in [2.75, 3.05) is 13.7 Å². The van der Waals surface area contributed by atoms with Gasteiger partial charge in [0.1, 0.15) is 0 Å². The van der Waals surface area contributed by atoms with Crippen molar-refractivity contribution in [3.63, 3.8) is 0 Å². The van der Waals surface area contributed by atoms with E-state index >= 15 is 0 Å². The van der Waals surface area contributed by atoms with Gasteiger partial charge in [0.05, 0.1) is 12.7 Å². The monoisotopic (exact) mass is 342 g/mol. The number of hydrogen-bond donors (Lipinski definition) is 2. The number of hydrogen-bond acceptors (Lipinski definition) is 5. The lowest BCUT2D eigenvalue weighted by Crippen LogP contribution is -2.27. The number of rotatable bonds is 7. The maximum Gasteiger partial charge on any atom is 0.343 e. The molecule has 0 fully saturated rings. The lowest BCUT2D eigenvalue weighted by atomic mass is 10.0. The van der Waals surface area contributed by atoms with Gasteiger partial charge in [-0.25, -0.2) is 4.79 Å². The number of amides is 1. The van der Waals surface area contributed by atoms with E-state index in [0.717, 1.165) is 5.56 Å². The van der Waals surface area contributed by atoms with Crippen molar-refractivity contribution in [1.82, 2.24) is 5.32 Å². The molecule has 0 bridgehead atoms. The van der Waals surface area contributed by atoms with E-state index in [-0.39, 0.29) is 12.3 Å². The topological polar surface area (TPSA) is 90.7 Å². The summed E-state index contributed by atoms with van der Waals surface area (Å²) in [6.07, 6.45) is 0.167.